The molecule has 0 aliphatic heterocycles. The molecule has 1 aliphatic rings. The van der Waals surface area contributed by atoms with E-state index in [-0.39, 0.29) is 0 Å². The first-order valence-corrected chi connectivity index (χ1v) is 17.6. The second-order valence-corrected chi connectivity index (χ2v) is 13.2. The van der Waals surface area contributed by atoms with Crippen LogP contribution >= 0.6 is 0 Å². The minimum Gasteiger partial charge on any atom is -0.0984 e. The molecule has 0 heterocycles. The van der Waals surface area contributed by atoms with Crippen LogP contribution in [0.3, 0.4) is 0 Å². The summed E-state index contributed by atoms with van der Waals surface area (Å²) >= 11 is 0. The Morgan fingerprint density at radius 2 is 1.29 bits per heavy atom. The Hall–Kier alpha value is -6.24. The van der Waals surface area contributed by atoms with Crippen LogP contribution in [0, 0.1) is 0 Å². The molecule has 0 saturated heterocycles. The maximum Gasteiger partial charge on any atom is -0.00878 e. The normalized spacial score (nSPS) is 15.4. The van der Waals surface area contributed by atoms with Gasteiger partial charge in [0, 0.05) is 0 Å². The highest BCUT2D eigenvalue weighted by molar-refractivity contribution is 6.14. The van der Waals surface area contributed by atoms with Crippen molar-refractivity contribution in [2.45, 2.75) is 20.3 Å². The third-order valence-electron chi connectivity index (χ3n) is 9.99. The third kappa shape index (κ3) is 6.95. The SMILES string of the molecule is C=CC(=C\C=C(C)\C(C)=C\C=C(/C=C)c1cccc2c1ccc1cc3ccccc3cc12)/C(/C=C1/C=c2ccccc2=CC1)=c1\ccccc1=C. The van der Waals surface area contributed by atoms with Crippen molar-refractivity contribution in [3.63, 3.8) is 0 Å². The van der Waals surface area contributed by atoms with Gasteiger partial charge in [-0.05, 0) is 125 Å². The van der Waals surface area contributed by atoms with Crippen LogP contribution in [-0.4, -0.2) is 0 Å². The second kappa shape index (κ2) is 14.7. The van der Waals surface area contributed by atoms with Gasteiger partial charge in [0.15, 0.2) is 0 Å². The van der Waals surface area contributed by atoms with Crippen molar-refractivity contribution >= 4 is 62.2 Å². The van der Waals surface area contributed by atoms with Gasteiger partial charge in [-0.15, -0.1) is 0 Å². The summed E-state index contributed by atoms with van der Waals surface area (Å²) in [6.45, 7) is 17.1. The first-order valence-electron chi connectivity index (χ1n) is 17.6. The molecule has 7 rings (SSSR count). The third-order valence-corrected chi connectivity index (χ3v) is 9.99. The molecule has 0 aromatic heterocycles. The highest BCUT2D eigenvalue weighted by Crippen LogP contribution is 2.34. The van der Waals surface area contributed by atoms with Gasteiger partial charge >= 0.3 is 0 Å². The molecule has 0 amide bonds. The first kappa shape index (κ1) is 33.3. The van der Waals surface area contributed by atoms with Gasteiger partial charge in [0.2, 0.25) is 0 Å². The lowest BCUT2D eigenvalue weighted by Crippen LogP contribution is -2.27. The number of fused-ring (bicyclic) bond motifs is 5. The van der Waals surface area contributed by atoms with Crippen molar-refractivity contribution in [1.29, 1.82) is 0 Å². The molecule has 0 spiro atoms. The Labute approximate surface area is 301 Å². The van der Waals surface area contributed by atoms with Crippen LogP contribution in [0.25, 0.3) is 62.2 Å². The summed E-state index contributed by atoms with van der Waals surface area (Å²) in [6.07, 6.45) is 20.4. The summed E-state index contributed by atoms with van der Waals surface area (Å²) in [7, 11) is 0. The van der Waals surface area contributed by atoms with Crippen molar-refractivity contribution in [2.75, 3.05) is 0 Å². The zero-order chi connectivity index (χ0) is 35.3. The number of rotatable bonds is 8. The summed E-state index contributed by atoms with van der Waals surface area (Å²) in [5, 5.41) is 12.1. The smallest absolute Gasteiger partial charge is 0.00878 e. The highest BCUT2D eigenvalue weighted by atomic mass is 14.1. The van der Waals surface area contributed by atoms with Gasteiger partial charge in [-0.25, -0.2) is 0 Å². The molecule has 246 valence electrons. The van der Waals surface area contributed by atoms with E-state index in [1.807, 2.05) is 18.2 Å². The average Bonchev–Trinajstić information content (AvgIpc) is 3.17. The molecule has 0 heteroatoms. The molecule has 0 fully saturated rings. The monoisotopic (exact) mass is 654 g/mol. The van der Waals surface area contributed by atoms with E-state index in [0.29, 0.717) is 0 Å². The van der Waals surface area contributed by atoms with Crippen molar-refractivity contribution in [3.05, 3.63) is 220 Å². The molecule has 0 unspecified atom stereocenters. The number of hydrogen-bond donors (Lipinski definition) is 0. The van der Waals surface area contributed by atoms with E-state index in [1.165, 1.54) is 65.0 Å². The fourth-order valence-electron chi connectivity index (χ4n) is 6.96. The van der Waals surface area contributed by atoms with E-state index < -0.39 is 0 Å². The van der Waals surface area contributed by atoms with Crippen LogP contribution in [0.1, 0.15) is 25.8 Å². The van der Waals surface area contributed by atoms with E-state index in [2.05, 4.69) is 185 Å². The van der Waals surface area contributed by atoms with Crippen LogP contribution < -0.4 is 20.9 Å². The van der Waals surface area contributed by atoms with E-state index >= 15 is 0 Å². The van der Waals surface area contributed by atoms with Gasteiger partial charge in [-0.1, -0.05) is 178 Å². The topological polar surface area (TPSA) is 0 Å². The van der Waals surface area contributed by atoms with Crippen LogP contribution in [0.2, 0.25) is 0 Å². The summed E-state index contributed by atoms with van der Waals surface area (Å²) < 4.78 is 0. The van der Waals surface area contributed by atoms with Gasteiger partial charge in [0.25, 0.3) is 0 Å². The molecular weight excluding hydrogens is 613 g/mol. The lowest BCUT2D eigenvalue weighted by molar-refractivity contribution is 1.32. The lowest BCUT2D eigenvalue weighted by Gasteiger charge is -2.11. The zero-order valence-electron chi connectivity index (χ0n) is 29.5. The maximum atomic E-state index is 4.36. The molecule has 0 atom stereocenters. The number of benzene rings is 6. The molecule has 1 aliphatic carbocycles. The van der Waals surface area contributed by atoms with Crippen molar-refractivity contribution < 1.29 is 0 Å². The summed E-state index contributed by atoms with van der Waals surface area (Å²) in [5.41, 5.74) is 8.04. The van der Waals surface area contributed by atoms with Crippen LogP contribution in [0.15, 0.2) is 193 Å². The molecular formula is C51H42. The maximum absolute atomic E-state index is 4.36. The molecule has 0 radical (unpaired) electrons. The fraction of sp³-hybridized carbons (Fsp3) is 0.0588. The Balaban J connectivity index is 1.24. The molecule has 0 N–H and O–H groups in total. The molecule has 6 aromatic carbocycles. The Morgan fingerprint density at radius 3 is 2.06 bits per heavy atom. The fourth-order valence-corrected chi connectivity index (χ4v) is 6.96. The molecule has 51 heavy (non-hydrogen) atoms. The van der Waals surface area contributed by atoms with E-state index in [0.717, 1.165) is 33.6 Å². The van der Waals surface area contributed by atoms with E-state index in [9.17, 15) is 0 Å². The van der Waals surface area contributed by atoms with Crippen LogP contribution in [0.4, 0.5) is 0 Å². The largest absolute Gasteiger partial charge is 0.0984 e. The summed E-state index contributed by atoms with van der Waals surface area (Å²) in [6, 6.07) is 41.1. The summed E-state index contributed by atoms with van der Waals surface area (Å²) in [4.78, 5) is 0. The van der Waals surface area contributed by atoms with Crippen LogP contribution in [0.5, 0.6) is 0 Å². The molecule has 0 nitrogen and oxygen atoms in total. The van der Waals surface area contributed by atoms with Crippen molar-refractivity contribution in [2.24, 2.45) is 0 Å². The predicted octanol–water partition coefficient (Wildman–Crippen LogP) is 10.6. The van der Waals surface area contributed by atoms with E-state index in [4.69, 9.17) is 0 Å². The number of allylic oxidation sites excluding steroid dienone is 12. The molecule has 0 bridgehead atoms. The minimum atomic E-state index is 0.878. The first-order chi connectivity index (χ1) is 24.9. The van der Waals surface area contributed by atoms with Crippen LogP contribution in [-0.2, 0) is 0 Å². The average molecular weight is 655 g/mol. The lowest BCUT2D eigenvalue weighted by atomic mass is 9.93. The minimum absolute atomic E-state index is 0.878. The quantitative estimate of drug-likeness (QED) is 0.0870. The van der Waals surface area contributed by atoms with Gasteiger partial charge < -0.3 is 0 Å². The summed E-state index contributed by atoms with van der Waals surface area (Å²) in [5.74, 6) is 0. The molecule has 6 aromatic rings. The second-order valence-electron chi connectivity index (χ2n) is 13.2. The number of hydrogen-bond acceptors (Lipinski definition) is 0. The van der Waals surface area contributed by atoms with Gasteiger partial charge in [0.1, 0.15) is 0 Å². The van der Waals surface area contributed by atoms with E-state index in [1.54, 1.807) is 0 Å². The van der Waals surface area contributed by atoms with Gasteiger partial charge in [-0.3, -0.25) is 0 Å². The Bertz CT molecular complexity index is 2770. The Morgan fingerprint density at radius 1 is 0.588 bits per heavy atom. The van der Waals surface area contributed by atoms with Crippen molar-refractivity contribution in [1.82, 2.24) is 0 Å². The Kier molecular flexibility index (Phi) is 9.59. The predicted molar refractivity (Wildman–Crippen MR) is 225 cm³/mol. The highest BCUT2D eigenvalue weighted by Gasteiger charge is 2.09. The molecule has 0 saturated carbocycles. The standard InChI is InChI=1S/C51H42/c1-6-39(47-21-14-22-48-49(47)30-29-45-33-43-18-11-12-19-44(43)34-51(45)48)26-23-35(3)36(4)24-27-40(7-2)50(46-20-13-8-15-37(46)5)32-38-25-28-41-16-9-10-17-42(41)31-38/h6-24,26-34H,1-2,5,25H2,3-4H3/b35-23+,36-24+,38-32+,39-26+,40-27+,50-46+. The zero-order valence-corrected chi connectivity index (χ0v) is 29.5. The van der Waals surface area contributed by atoms with Gasteiger partial charge in [-0.2, -0.15) is 0 Å². The van der Waals surface area contributed by atoms with Crippen molar-refractivity contribution in [3.8, 4) is 0 Å². The van der Waals surface area contributed by atoms with Gasteiger partial charge in [0.05, 0.1) is 0 Å².